The molecule has 0 aromatic carbocycles. The number of rotatable bonds is 11. The highest BCUT2D eigenvalue weighted by atomic mass is 13.9. The van der Waals surface area contributed by atoms with E-state index < -0.39 is 0 Å². The molecule has 0 aromatic heterocycles. The fraction of sp³-hybridized carbons (Fsp3) is 1.00. The molecular formula is C16H36B2. The minimum atomic E-state index is 0.844. The zero-order valence-corrected chi connectivity index (χ0v) is 13.6. The highest BCUT2D eigenvalue weighted by Crippen LogP contribution is 2.16. The van der Waals surface area contributed by atoms with E-state index >= 15 is 0 Å². The molecule has 0 aromatic rings. The van der Waals surface area contributed by atoms with Crippen LogP contribution in [0.4, 0.5) is 0 Å². The standard InChI is InChI=1S/C12H27B.C4H9B/c1-4-7-10-13(11-8-5-2)12-9-6-3;1-2-3-4-5/h4-12H2,1-3H3;2-4H2,1H3. The molecule has 0 nitrogen and oxygen atoms in total. The Balaban J connectivity index is 0. The maximum Gasteiger partial charge on any atom is 0.139 e. The van der Waals surface area contributed by atoms with Crippen LogP contribution in [0, 0.1) is 0 Å². The van der Waals surface area contributed by atoms with Gasteiger partial charge in [-0.25, -0.2) is 0 Å². The van der Waals surface area contributed by atoms with E-state index in [0.29, 0.717) is 0 Å². The Morgan fingerprint density at radius 3 is 1.11 bits per heavy atom. The van der Waals surface area contributed by atoms with Crippen LogP contribution in [0.25, 0.3) is 0 Å². The SMILES string of the molecule is CCCCB(CCCC)CCCC.[B]CCCC. The molecule has 0 heterocycles. The summed E-state index contributed by atoms with van der Waals surface area (Å²) in [6, 6.07) is 0. The van der Waals surface area contributed by atoms with Gasteiger partial charge < -0.3 is 0 Å². The zero-order chi connectivity index (χ0) is 14.1. The third kappa shape index (κ3) is 18.5. The van der Waals surface area contributed by atoms with Crippen LogP contribution in [-0.4, -0.2) is 14.6 Å². The minimum absolute atomic E-state index is 0.844. The Bertz CT molecular complexity index is 105. The lowest BCUT2D eigenvalue weighted by molar-refractivity contribution is 0.812. The Morgan fingerprint density at radius 2 is 0.944 bits per heavy atom. The maximum atomic E-state index is 5.14. The predicted molar refractivity (Wildman–Crippen MR) is 90.4 cm³/mol. The molecule has 0 unspecified atom stereocenters. The van der Waals surface area contributed by atoms with E-state index in [2.05, 4.69) is 27.7 Å². The average Bonchev–Trinajstić information content (AvgIpc) is 2.39. The molecule has 0 aliphatic rings. The van der Waals surface area contributed by atoms with E-state index in [1.54, 1.807) is 0 Å². The minimum Gasteiger partial charge on any atom is -0.0887 e. The van der Waals surface area contributed by atoms with Crippen LogP contribution in [0.2, 0.25) is 25.3 Å². The predicted octanol–water partition coefficient (Wildman–Crippen LogP) is 6.25. The summed E-state index contributed by atoms with van der Waals surface area (Å²) in [6.07, 6.45) is 16.1. The lowest BCUT2D eigenvalue weighted by atomic mass is 9.41. The third-order valence-electron chi connectivity index (χ3n) is 3.46. The van der Waals surface area contributed by atoms with E-state index in [1.807, 2.05) is 0 Å². The van der Waals surface area contributed by atoms with Gasteiger partial charge in [0.1, 0.15) is 6.71 Å². The monoisotopic (exact) mass is 250 g/mol. The molecule has 0 bridgehead atoms. The van der Waals surface area contributed by atoms with E-state index in [9.17, 15) is 0 Å². The first-order chi connectivity index (χ1) is 8.76. The van der Waals surface area contributed by atoms with Crippen LogP contribution in [0.1, 0.15) is 79.1 Å². The van der Waals surface area contributed by atoms with Crippen molar-refractivity contribution in [3.05, 3.63) is 0 Å². The van der Waals surface area contributed by atoms with E-state index in [0.717, 1.165) is 13.0 Å². The molecule has 0 atom stereocenters. The molecule has 2 radical (unpaired) electrons. The van der Waals surface area contributed by atoms with Gasteiger partial charge in [0.2, 0.25) is 0 Å². The molecule has 0 rings (SSSR count). The lowest BCUT2D eigenvalue weighted by Gasteiger charge is -2.11. The Labute approximate surface area is 119 Å². The van der Waals surface area contributed by atoms with Gasteiger partial charge in [-0.05, 0) is 0 Å². The van der Waals surface area contributed by atoms with Crippen molar-refractivity contribution in [2.24, 2.45) is 0 Å². The smallest absolute Gasteiger partial charge is 0.0887 e. The molecule has 0 aliphatic heterocycles. The molecule has 2 heteroatoms. The van der Waals surface area contributed by atoms with Gasteiger partial charge in [0, 0.05) is 0 Å². The highest BCUT2D eigenvalue weighted by molar-refractivity contribution is 6.58. The van der Waals surface area contributed by atoms with Crippen molar-refractivity contribution >= 4 is 14.6 Å². The molecule has 0 fully saturated rings. The zero-order valence-electron chi connectivity index (χ0n) is 13.6. The van der Waals surface area contributed by atoms with Crippen molar-refractivity contribution < 1.29 is 0 Å². The summed E-state index contributed by atoms with van der Waals surface area (Å²) in [5.41, 5.74) is 0. The molecule has 106 valence electrons. The van der Waals surface area contributed by atoms with Gasteiger partial charge in [-0.2, -0.15) is 0 Å². The summed E-state index contributed by atoms with van der Waals surface area (Å²) in [5.74, 6) is 0. The first-order valence-electron chi connectivity index (χ1n) is 8.46. The molecule has 0 spiro atoms. The molecule has 0 aliphatic carbocycles. The van der Waals surface area contributed by atoms with Crippen molar-refractivity contribution in [3.8, 4) is 0 Å². The molecule has 0 saturated carbocycles. The number of unbranched alkanes of at least 4 members (excludes halogenated alkanes) is 4. The van der Waals surface area contributed by atoms with Crippen LogP contribution < -0.4 is 0 Å². The summed E-state index contributed by atoms with van der Waals surface area (Å²) < 4.78 is 0. The van der Waals surface area contributed by atoms with Gasteiger partial charge in [0.05, 0.1) is 7.85 Å². The van der Waals surface area contributed by atoms with Crippen molar-refractivity contribution in [3.63, 3.8) is 0 Å². The normalized spacial score (nSPS) is 9.78. The van der Waals surface area contributed by atoms with Gasteiger partial charge in [-0.3, -0.25) is 0 Å². The van der Waals surface area contributed by atoms with Crippen molar-refractivity contribution in [2.75, 3.05) is 0 Å². The van der Waals surface area contributed by atoms with Gasteiger partial charge >= 0.3 is 0 Å². The fourth-order valence-corrected chi connectivity index (χ4v) is 2.12. The molecule has 0 amide bonds. The van der Waals surface area contributed by atoms with E-state index in [4.69, 9.17) is 7.85 Å². The fourth-order valence-electron chi connectivity index (χ4n) is 2.12. The highest BCUT2D eigenvalue weighted by Gasteiger charge is 2.10. The summed E-state index contributed by atoms with van der Waals surface area (Å²) in [5, 5.41) is 0. The Kier molecular flexibility index (Phi) is 22.1. The quantitative estimate of drug-likeness (QED) is 0.380. The second kappa shape index (κ2) is 19.5. The summed E-state index contributed by atoms with van der Waals surface area (Å²) >= 11 is 0. The van der Waals surface area contributed by atoms with Gasteiger partial charge in [0.15, 0.2) is 0 Å². The summed E-state index contributed by atoms with van der Waals surface area (Å²) in [7, 11) is 5.14. The molecule has 0 N–H and O–H groups in total. The van der Waals surface area contributed by atoms with Crippen molar-refractivity contribution in [2.45, 2.75) is 104 Å². The van der Waals surface area contributed by atoms with Crippen LogP contribution in [0.5, 0.6) is 0 Å². The van der Waals surface area contributed by atoms with Crippen LogP contribution >= 0.6 is 0 Å². The van der Waals surface area contributed by atoms with E-state index in [1.165, 1.54) is 70.3 Å². The van der Waals surface area contributed by atoms with Crippen molar-refractivity contribution in [1.82, 2.24) is 0 Å². The average molecular weight is 250 g/mol. The van der Waals surface area contributed by atoms with Gasteiger partial charge in [-0.1, -0.05) is 104 Å². The van der Waals surface area contributed by atoms with Gasteiger partial charge in [0.25, 0.3) is 0 Å². The summed E-state index contributed by atoms with van der Waals surface area (Å²) in [4.78, 5) is 0. The second-order valence-corrected chi connectivity index (χ2v) is 5.43. The summed E-state index contributed by atoms with van der Waals surface area (Å²) in [6.45, 7) is 10.1. The maximum absolute atomic E-state index is 5.14. The second-order valence-electron chi connectivity index (χ2n) is 5.43. The Hall–Kier alpha value is 0.130. The van der Waals surface area contributed by atoms with Gasteiger partial charge in [-0.15, -0.1) is 0 Å². The largest absolute Gasteiger partial charge is 0.139 e. The molecular weight excluding hydrogens is 214 g/mol. The van der Waals surface area contributed by atoms with Crippen molar-refractivity contribution in [1.29, 1.82) is 0 Å². The topological polar surface area (TPSA) is 0 Å². The van der Waals surface area contributed by atoms with E-state index in [-0.39, 0.29) is 0 Å². The van der Waals surface area contributed by atoms with Crippen LogP contribution in [0.3, 0.4) is 0 Å². The first kappa shape index (κ1) is 20.4. The Morgan fingerprint density at radius 1 is 0.611 bits per heavy atom. The first-order valence-corrected chi connectivity index (χ1v) is 8.46. The third-order valence-corrected chi connectivity index (χ3v) is 3.46. The molecule has 0 saturated heterocycles. The van der Waals surface area contributed by atoms with Crippen LogP contribution in [0.15, 0.2) is 0 Å². The lowest BCUT2D eigenvalue weighted by Crippen LogP contribution is -2.11. The molecule has 18 heavy (non-hydrogen) atoms. The van der Waals surface area contributed by atoms with Crippen LogP contribution in [-0.2, 0) is 0 Å². The number of hydrogen-bond donors (Lipinski definition) is 0. The number of hydrogen-bond acceptors (Lipinski definition) is 0.